The Balaban J connectivity index is 2.58. The molecule has 1 fully saturated rings. The fourth-order valence-corrected chi connectivity index (χ4v) is 2.20. The average molecular weight is 224 g/mol. The quantitative estimate of drug-likeness (QED) is 0.727. The minimum atomic E-state index is 0.0580. The van der Waals surface area contributed by atoms with E-state index < -0.39 is 0 Å². The zero-order chi connectivity index (χ0) is 12.2. The van der Waals surface area contributed by atoms with Gasteiger partial charge in [-0.3, -0.25) is 4.79 Å². The number of carbonyl (C=O) groups excluding carboxylic acids is 1. The van der Waals surface area contributed by atoms with Crippen LogP contribution in [-0.2, 0) is 4.79 Å². The molecule has 3 nitrogen and oxygen atoms in total. The summed E-state index contributed by atoms with van der Waals surface area (Å²) in [6.07, 6.45) is 4.86. The van der Waals surface area contributed by atoms with Gasteiger partial charge in [0.1, 0.15) is 0 Å². The molecule has 0 aromatic rings. The molecule has 0 radical (unpaired) electrons. The van der Waals surface area contributed by atoms with Crippen LogP contribution in [0.5, 0.6) is 0 Å². The van der Waals surface area contributed by atoms with Crippen LogP contribution >= 0.6 is 0 Å². The van der Waals surface area contributed by atoms with Gasteiger partial charge in [0.2, 0.25) is 5.91 Å². The normalized spacial score (nSPS) is 22.7. The van der Waals surface area contributed by atoms with Gasteiger partial charge >= 0.3 is 0 Å². The molecule has 1 aliphatic rings. The highest BCUT2D eigenvalue weighted by Gasteiger charge is 2.23. The number of rotatable bonds is 2. The highest BCUT2D eigenvalue weighted by Crippen LogP contribution is 2.14. The predicted molar refractivity (Wildman–Crippen MR) is 67.3 cm³/mol. The average Bonchev–Trinajstić information content (AvgIpc) is 2.39. The first-order chi connectivity index (χ1) is 7.42. The number of likely N-dealkylation sites (tertiary alicyclic amines) is 1. The third kappa shape index (κ3) is 4.35. The van der Waals surface area contributed by atoms with Crippen molar-refractivity contribution in [2.75, 3.05) is 13.1 Å². The van der Waals surface area contributed by atoms with Crippen LogP contribution in [0, 0.1) is 0 Å². The van der Waals surface area contributed by atoms with Gasteiger partial charge in [-0.15, -0.1) is 0 Å². The fraction of sp³-hybridized carbons (Fsp3) is 0.769. The molecule has 16 heavy (non-hydrogen) atoms. The van der Waals surface area contributed by atoms with E-state index in [9.17, 15) is 4.79 Å². The second-order valence-electron chi connectivity index (χ2n) is 5.58. The Bertz CT molecular complexity index is 255. The summed E-state index contributed by atoms with van der Waals surface area (Å²) >= 11 is 0. The van der Waals surface area contributed by atoms with E-state index in [2.05, 4.69) is 32.7 Å². The Morgan fingerprint density at radius 2 is 2.12 bits per heavy atom. The Labute approximate surface area is 98.9 Å². The number of hydrogen-bond donors (Lipinski definition) is 1. The van der Waals surface area contributed by atoms with Crippen LogP contribution in [0.4, 0.5) is 0 Å². The SMILES string of the molecule is C=CC(=O)N1CCCCC(NC(C)(C)C)C1. The van der Waals surface area contributed by atoms with E-state index in [0.717, 1.165) is 25.9 Å². The van der Waals surface area contributed by atoms with Crippen molar-refractivity contribution in [1.82, 2.24) is 10.2 Å². The highest BCUT2D eigenvalue weighted by atomic mass is 16.2. The summed E-state index contributed by atoms with van der Waals surface area (Å²) < 4.78 is 0. The van der Waals surface area contributed by atoms with Gasteiger partial charge in [-0.25, -0.2) is 0 Å². The number of nitrogens with zero attached hydrogens (tertiary/aromatic N) is 1. The maximum absolute atomic E-state index is 11.6. The molecule has 1 N–H and O–H groups in total. The lowest BCUT2D eigenvalue weighted by Crippen LogP contribution is -2.49. The Hall–Kier alpha value is -0.830. The Morgan fingerprint density at radius 3 is 2.69 bits per heavy atom. The van der Waals surface area contributed by atoms with Gasteiger partial charge in [0, 0.05) is 24.7 Å². The van der Waals surface area contributed by atoms with Crippen molar-refractivity contribution in [3.63, 3.8) is 0 Å². The van der Waals surface area contributed by atoms with E-state index in [4.69, 9.17) is 0 Å². The molecule has 3 heteroatoms. The molecule has 0 saturated carbocycles. The smallest absolute Gasteiger partial charge is 0.246 e. The zero-order valence-corrected chi connectivity index (χ0v) is 10.8. The van der Waals surface area contributed by atoms with Crippen molar-refractivity contribution in [2.24, 2.45) is 0 Å². The molecule has 0 spiro atoms. The summed E-state index contributed by atoms with van der Waals surface area (Å²) in [4.78, 5) is 13.5. The first-order valence-corrected chi connectivity index (χ1v) is 6.11. The number of nitrogens with one attached hydrogen (secondary N) is 1. The van der Waals surface area contributed by atoms with Crippen molar-refractivity contribution in [2.45, 2.75) is 51.6 Å². The zero-order valence-electron chi connectivity index (χ0n) is 10.8. The van der Waals surface area contributed by atoms with Gasteiger partial charge in [0.05, 0.1) is 0 Å². The minimum absolute atomic E-state index is 0.0580. The van der Waals surface area contributed by atoms with Crippen LogP contribution in [0.1, 0.15) is 40.0 Å². The summed E-state index contributed by atoms with van der Waals surface area (Å²) in [5.41, 5.74) is 0.109. The molecule has 1 amide bonds. The Kier molecular flexibility index (Phi) is 4.54. The summed E-state index contributed by atoms with van der Waals surface area (Å²) in [5.74, 6) is 0.0580. The molecule has 1 saturated heterocycles. The first-order valence-electron chi connectivity index (χ1n) is 6.11. The van der Waals surface area contributed by atoms with Gasteiger partial charge in [0.25, 0.3) is 0 Å². The molecule has 1 heterocycles. The molecule has 0 bridgehead atoms. The molecule has 0 aliphatic carbocycles. The van der Waals surface area contributed by atoms with Gasteiger partial charge in [-0.05, 0) is 39.7 Å². The largest absolute Gasteiger partial charge is 0.338 e. The predicted octanol–water partition coefficient (Wildman–Crippen LogP) is 1.94. The van der Waals surface area contributed by atoms with Crippen LogP contribution in [0.3, 0.4) is 0 Å². The third-order valence-corrected chi connectivity index (χ3v) is 2.79. The van der Waals surface area contributed by atoms with Crippen LogP contribution in [0.2, 0.25) is 0 Å². The van der Waals surface area contributed by atoms with Crippen molar-refractivity contribution in [3.05, 3.63) is 12.7 Å². The molecule has 1 atom stereocenters. The lowest BCUT2D eigenvalue weighted by Gasteiger charge is -2.30. The van der Waals surface area contributed by atoms with Crippen molar-refractivity contribution in [1.29, 1.82) is 0 Å². The molecule has 1 rings (SSSR count). The van der Waals surface area contributed by atoms with Gasteiger partial charge in [-0.2, -0.15) is 0 Å². The van der Waals surface area contributed by atoms with E-state index in [1.54, 1.807) is 0 Å². The lowest BCUT2D eigenvalue weighted by molar-refractivity contribution is -0.126. The summed E-state index contributed by atoms with van der Waals surface area (Å²) in [6.45, 7) is 11.7. The van der Waals surface area contributed by atoms with E-state index >= 15 is 0 Å². The number of carbonyl (C=O) groups is 1. The number of hydrogen-bond acceptors (Lipinski definition) is 2. The fourth-order valence-electron chi connectivity index (χ4n) is 2.20. The van der Waals surface area contributed by atoms with E-state index in [1.165, 1.54) is 12.5 Å². The molecule has 92 valence electrons. The molecule has 1 unspecified atom stereocenters. The van der Waals surface area contributed by atoms with Gasteiger partial charge in [0.15, 0.2) is 0 Å². The second-order valence-corrected chi connectivity index (χ2v) is 5.58. The number of amides is 1. The van der Waals surface area contributed by atoms with Crippen molar-refractivity contribution < 1.29 is 4.79 Å². The Morgan fingerprint density at radius 1 is 1.44 bits per heavy atom. The maximum Gasteiger partial charge on any atom is 0.246 e. The molecular weight excluding hydrogens is 200 g/mol. The van der Waals surface area contributed by atoms with Gasteiger partial charge < -0.3 is 10.2 Å². The van der Waals surface area contributed by atoms with Crippen LogP contribution < -0.4 is 5.32 Å². The van der Waals surface area contributed by atoms with Gasteiger partial charge in [-0.1, -0.05) is 13.0 Å². The molecule has 0 aromatic carbocycles. The van der Waals surface area contributed by atoms with Crippen LogP contribution in [0.15, 0.2) is 12.7 Å². The van der Waals surface area contributed by atoms with E-state index in [0.29, 0.717) is 6.04 Å². The van der Waals surface area contributed by atoms with Crippen molar-refractivity contribution in [3.8, 4) is 0 Å². The third-order valence-electron chi connectivity index (χ3n) is 2.79. The summed E-state index contributed by atoms with van der Waals surface area (Å²) in [6, 6.07) is 0.409. The van der Waals surface area contributed by atoms with E-state index in [-0.39, 0.29) is 11.4 Å². The summed E-state index contributed by atoms with van der Waals surface area (Å²) in [5, 5.41) is 3.58. The van der Waals surface area contributed by atoms with Crippen molar-refractivity contribution >= 4 is 5.91 Å². The highest BCUT2D eigenvalue weighted by molar-refractivity contribution is 5.87. The molecular formula is C13H24N2O. The minimum Gasteiger partial charge on any atom is -0.338 e. The standard InChI is InChI=1S/C13H24N2O/c1-5-12(16)15-9-7-6-8-11(10-15)14-13(2,3)4/h5,11,14H,1,6-10H2,2-4H3. The lowest BCUT2D eigenvalue weighted by atomic mass is 10.0. The van der Waals surface area contributed by atoms with Crippen LogP contribution in [-0.4, -0.2) is 35.5 Å². The first kappa shape index (κ1) is 13.2. The summed E-state index contributed by atoms with van der Waals surface area (Å²) in [7, 11) is 0. The monoisotopic (exact) mass is 224 g/mol. The van der Waals surface area contributed by atoms with E-state index in [1.807, 2.05) is 4.90 Å². The second kappa shape index (κ2) is 5.48. The van der Waals surface area contributed by atoms with Crippen LogP contribution in [0.25, 0.3) is 0 Å². The molecule has 0 aromatic heterocycles. The maximum atomic E-state index is 11.6. The molecule has 1 aliphatic heterocycles. The topological polar surface area (TPSA) is 32.3 Å².